The summed E-state index contributed by atoms with van der Waals surface area (Å²) >= 11 is 1.08. The van der Waals surface area contributed by atoms with Gasteiger partial charge < -0.3 is 10.4 Å². The third kappa shape index (κ3) is 2.92. The number of nitrogens with zero attached hydrogens (tertiary/aromatic N) is 1. The van der Waals surface area contributed by atoms with E-state index in [2.05, 4.69) is 10.3 Å². The third-order valence-electron chi connectivity index (χ3n) is 2.22. The van der Waals surface area contributed by atoms with Crippen LogP contribution in [0.4, 0.5) is 5.69 Å². The smallest absolute Gasteiger partial charge is 0.348 e. The number of hydrogen-bond acceptors (Lipinski definition) is 4. The van der Waals surface area contributed by atoms with E-state index in [4.69, 9.17) is 5.11 Å². The molecule has 5 nitrogen and oxygen atoms in total. The van der Waals surface area contributed by atoms with Crippen LogP contribution in [0.2, 0.25) is 0 Å². The van der Waals surface area contributed by atoms with Crippen molar-refractivity contribution in [2.45, 2.75) is 6.42 Å². The Morgan fingerprint density at radius 1 is 1.39 bits per heavy atom. The summed E-state index contributed by atoms with van der Waals surface area (Å²) in [5, 5.41) is 13.1. The first-order chi connectivity index (χ1) is 8.66. The summed E-state index contributed by atoms with van der Waals surface area (Å²) in [6.07, 6.45) is 3.40. The van der Waals surface area contributed by atoms with Crippen LogP contribution in [-0.2, 0) is 11.2 Å². The van der Waals surface area contributed by atoms with Crippen molar-refractivity contribution in [2.75, 3.05) is 5.32 Å². The van der Waals surface area contributed by atoms with Crippen LogP contribution in [0.25, 0.3) is 0 Å². The highest BCUT2D eigenvalue weighted by molar-refractivity contribution is 7.12. The molecule has 0 saturated heterocycles. The van der Waals surface area contributed by atoms with Crippen LogP contribution in [0.1, 0.15) is 15.2 Å². The van der Waals surface area contributed by atoms with Crippen molar-refractivity contribution >= 4 is 28.9 Å². The van der Waals surface area contributed by atoms with Crippen molar-refractivity contribution < 1.29 is 14.7 Å². The molecule has 0 atom stereocenters. The van der Waals surface area contributed by atoms with Crippen molar-refractivity contribution in [3.05, 3.63) is 46.4 Å². The van der Waals surface area contributed by atoms with Gasteiger partial charge in [-0.2, -0.15) is 0 Å². The molecule has 0 aliphatic carbocycles. The molecule has 0 bridgehead atoms. The summed E-state index contributed by atoms with van der Waals surface area (Å²) in [6, 6.07) is 5.11. The van der Waals surface area contributed by atoms with E-state index in [1.54, 1.807) is 36.0 Å². The molecule has 92 valence electrons. The maximum Gasteiger partial charge on any atom is 0.348 e. The summed E-state index contributed by atoms with van der Waals surface area (Å²) in [4.78, 5) is 26.6. The molecule has 0 fully saturated rings. The number of hydrogen-bond donors (Lipinski definition) is 2. The number of aromatic nitrogens is 1. The first-order valence-electron chi connectivity index (χ1n) is 5.16. The van der Waals surface area contributed by atoms with E-state index in [-0.39, 0.29) is 17.2 Å². The minimum absolute atomic E-state index is 0.134. The van der Waals surface area contributed by atoms with Gasteiger partial charge in [0.1, 0.15) is 4.88 Å². The number of aromatic carboxylic acids is 1. The molecule has 2 heterocycles. The van der Waals surface area contributed by atoms with E-state index in [1.807, 2.05) is 0 Å². The molecule has 0 saturated carbocycles. The number of pyridine rings is 1. The van der Waals surface area contributed by atoms with Gasteiger partial charge in [0.15, 0.2) is 0 Å². The molecule has 18 heavy (non-hydrogen) atoms. The lowest BCUT2D eigenvalue weighted by Gasteiger charge is -2.04. The Balaban J connectivity index is 2.04. The van der Waals surface area contributed by atoms with Gasteiger partial charge in [0.25, 0.3) is 0 Å². The van der Waals surface area contributed by atoms with Crippen molar-refractivity contribution in [3.63, 3.8) is 0 Å². The van der Waals surface area contributed by atoms with Crippen LogP contribution in [0.5, 0.6) is 0 Å². The Labute approximate surface area is 107 Å². The van der Waals surface area contributed by atoms with E-state index in [0.717, 1.165) is 16.9 Å². The van der Waals surface area contributed by atoms with E-state index in [1.165, 1.54) is 0 Å². The van der Waals surface area contributed by atoms with Crippen molar-refractivity contribution in [1.29, 1.82) is 0 Å². The molecular formula is C12H10N2O3S. The van der Waals surface area contributed by atoms with Gasteiger partial charge in [-0.15, -0.1) is 11.3 Å². The molecular weight excluding hydrogens is 252 g/mol. The molecule has 0 aliphatic rings. The number of anilines is 1. The lowest BCUT2D eigenvalue weighted by atomic mass is 10.2. The Morgan fingerprint density at radius 2 is 2.22 bits per heavy atom. The maximum absolute atomic E-state index is 11.7. The first-order valence-corrected chi connectivity index (χ1v) is 6.04. The number of carbonyl (C=O) groups is 2. The minimum Gasteiger partial charge on any atom is -0.477 e. The fourth-order valence-corrected chi connectivity index (χ4v) is 2.14. The number of thiophene rings is 1. The Kier molecular flexibility index (Phi) is 3.69. The highest BCUT2D eigenvalue weighted by atomic mass is 32.1. The zero-order chi connectivity index (χ0) is 13.0. The fraction of sp³-hybridized carbons (Fsp3) is 0.0833. The fourth-order valence-electron chi connectivity index (χ4n) is 1.46. The van der Waals surface area contributed by atoms with Gasteiger partial charge in [-0.05, 0) is 23.1 Å². The summed E-state index contributed by atoms with van der Waals surface area (Å²) < 4.78 is 0. The molecule has 2 N–H and O–H groups in total. The number of amides is 1. The third-order valence-corrected chi connectivity index (χ3v) is 3.12. The van der Waals surface area contributed by atoms with Crippen molar-refractivity contribution in [3.8, 4) is 0 Å². The summed E-state index contributed by atoms with van der Waals surface area (Å²) in [7, 11) is 0. The van der Waals surface area contributed by atoms with E-state index < -0.39 is 5.97 Å². The van der Waals surface area contributed by atoms with Gasteiger partial charge in [-0.3, -0.25) is 9.78 Å². The summed E-state index contributed by atoms with van der Waals surface area (Å²) in [5.41, 5.74) is 1.11. The number of carbonyl (C=O) groups excluding carboxylic acids is 1. The van der Waals surface area contributed by atoms with Gasteiger partial charge >= 0.3 is 5.97 Å². The molecule has 2 rings (SSSR count). The maximum atomic E-state index is 11.7. The number of nitrogens with one attached hydrogen (secondary N) is 1. The molecule has 0 radical (unpaired) electrons. The van der Waals surface area contributed by atoms with Crippen LogP contribution in [-0.4, -0.2) is 22.0 Å². The Hall–Kier alpha value is -2.21. The molecule has 6 heteroatoms. The molecule has 0 spiro atoms. The topological polar surface area (TPSA) is 79.3 Å². The van der Waals surface area contributed by atoms with Crippen LogP contribution in [0.3, 0.4) is 0 Å². The normalized spacial score (nSPS) is 10.0. The van der Waals surface area contributed by atoms with Crippen LogP contribution in [0.15, 0.2) is 36.0 Å². The molecule has 0 unspecified atom stereocenters. The molecule has 2 aromatic heterocycles. The standard InChI is InChI=1S/C12H10N2O3S/c15-10(6-8-2-1-4-13-7-8)14-9-3-5-18-11(9)12(16)17/h1-5,7H,6H2,(H,14,15)(H,16,17). The van der Waals surface area contributed by atoms with E-state index in [9.17, 15) is 9.59 Å². The predicted molar refractivity (Wildman–Crippen MR) is 67.8 cm³/mol. The van der Waals surface area contributed by atoms with Gasteiger partial charge in [0.2, 0.25) is 5.91 Å². The van der Waals surface area contributed by atoms with Gasteiger partial charge in [-0.1, -0.05) is 6.07 Å². The molecule has 1 amide bonds. The summed E-state index contributed by atoms with van der Waals surface area (Å²) in [5.74, 6) is -1.30. The zero-order valence-corrected chi connectivity index (χ0v) is 10.1. The van der Waals surface area contributed by atoms with Gasteiger partial charge in [0, 0.05) is 12.4 Å². The molecule has 0 aromatic carbocycles. The zero-order valence-electron chi connectivity index (χ0n) is 9.29. The lowest BCUT2D eigenvalue weighted by molar-refractivity contribution is -0.115. The minimum atomic E-state index is -1.04. The first kappa shape index (κ1) is 12.3. The van der Waals surface area contributed by atoms with Gasteiger partial charge in [-0.25, -0.2) is 4.79 Å². The lowest BCUT2D eigenvalue weighted by Crippen LogP contribution is -2.15. The second-order valence-electron chi connectivity index (χ2n) is 3.55. The number of carboxylic acid groups (broad SMARTS) is 1. The Morgan fingerprint density at radius 3 is 2.89 bits per heavy atom. The predicted octanol–water partition coefficient (Wildman–Crippen LogP) is 2.02. The second kappa shape index (κ2) is 5.42. The second-order valence-corrected chi connectivity index (χ2v) is 4.47. The highest BCUT2D eigenvalue weighted by Gasteiger charge is 2.13. The average molecular weight is 262 g/mol. The van der Waals surface area contributed by atoms with E-state index in [0.29, 0.717) is 5.69 Å². The quantitative estimate of drug-likeness (QED) is 0.883. The largest absolute Gasteiger partial charge is 0.477 e. The van der Waals surface area contributed by atoms with Crippen LogP contribution >= 0.6 is 11.3 Å². The Bertz CT molecular complexity index is 566. The average Bonchev–Trinajstić information content (AvgIpc) is 2.78. The molecule has 2 aromatic rings. The number of rotatable bonds is 4. The van der Waals surface area contributed by atoms with Gasteiger partial charge in [0.05, 0.1) is 12.1 Å². The highest BCUT2D eigenvalue weighted by Crippen LogP contribution is 2.22. The van der Waals surface area contributed by atoms with E-state index >= 15 is 0 Å². The van der Waals surface area contributed by atoms with Crippen molar-refractivity contribution in [2.24, 2.45) is 0 Å². The monoisotopic (exact) mass is 262 g/mol. The number of carboxylic acids is 1. The van der Waals surface area contributed by atoms with Crippen molar-refractivity contribution in [1.82, 2.24) is 4.98 Å². The summed E-state index contributed by atoms with van der Waals surface area (Å²) in [6.45, 7) is 0. The SMILES string of the molecule is O=C(Cc1cccnc1)Nc1ccsc1C(=O)O. The van der Waals surface area contributed by atoms with Crippen LogP contribution in [0, 0.1) is 0 Å². The van der Waals surface area contributed by atoms with Crippen LogP contribution < -0.4 is 5.32 Å². The molecule has 0 aliphatic heterocycles.